The first kappa shape index (κ1) is 33.8. The predicted molar refractivity (Wildman–Crippen MR) is 132 cm³/mol. The Bertz CT molecular complexity index is 2330. The van der Waals surface area contributed by atoms with Crippen LogP contribution in [-0.4, -0.2) is 71.8 Å². The molecular formula is C20H10Fe2N4O12S4. The maximum absolute atomic E-state index is 12.4. The van der Waals surface area contributed by atoms with E-state index in [-0.39, 0.29) is 56.6 Å². The van der Waals surface area contributed by atoms with Crippen molar-refractivity contribution in [3.05, 3.63) is 59.2 Å². The van der Waals surface area contributed by atoms with Gasteiger partial charge in [0, 0.05) is 16.6 Å². The van der Waals surface area contributed by atoms with Gasteiger partial charge in [-0.2, -0.15) is 0 Å². The second-order valence-electron chi connectivity index (χ2n) is 8.21. The largest absolute Gasteiger partial charge is 2.00 e. The summed E-state index contributed by atoms with van der Waals surface area (Å²) < 4.78 is 147. The van der Waals surface area contributed by atoms with E-state index in [1.54, 1.807) is 6.07 Å². The number of fused-ring (bicyclic) bond motifs is 8. The Morgan fingerprint density at radius 1 is 0.571 bits per heavy atom. The summed E-state index contributed by atoms with van der Waals surface area (Å²) in [4.78, 5) is 5.62. The van der Waals surface area contributed by atoms with E-state index in [1.807, 2.05) is 0 Å². The van der Waals surface area contributed by atoms with Crippen LogP contribution in [-0.2, 0) is 74.6 Å². The summed E-state index contributed by atoms with van der Waals surface area (Å²) in [6.45, 7) is 0. The van der Waals surface area contributed by atoms with Crippen LogP contribution in [0.3, 0.4) is 0 Å². The SMILES string of the molecule is O=S(=O)([O-])C1=C(S(=O)(=O)[O-])c2nc1cc1nc(cc3ccc(cc4cc(S(=O)(=O)[O-])c([nH]4)c2S(=O)(=O)[O-])[nH]3)C=C1.[Fe+2].[Fe+2]. The van der Waals surface area contributed by atoms with Crippen LogP contribution in [0.4, 0.5) is 0 Å². The van der Waals surface area contributed by atoms with Gasteiger partial charge in [-0.3, -0.25) is 0 Å². The molecule has 22 heteroatoms. The number of hydrogen-bond acceptors (Lipinski definition) is 14. The fourth-order valence-corrected chi connectivity index (χ4v) is 7.66. The van der Waals surface area contributed by atoms with Crippen LogP contribution in [0, 0.1) is 0 Å². The summed E-state index contributed by atoms with van der Waals surface area (Å²) in [6.07, 6.45) is 2.70. The Balaban J connectivity index is 0.00000242. The maximum Gasteiger partial charge on any atom is 2.00 e. The van der Waals surface area contributed by atoms with Crippen molar-refractivity contribution in [2.45, 2.75) is 9.79 Å². The molecule has 3 aromatic heterocycles. The van der Waals surface area contributed by atoms with Gasteiger partial charge in [0.05, 0.1) is 32.4 Å². The van der Waals surface area contributed by atoms with Crippen LogP contribution in [0.15, 0.2) is 46.2 Å². The second kappa shape index (κ2) is 11.1. The summed E-state index contributed by atoms with van der Waals surface area (Å²) in [6, 6.07) is 7.08. The Morgan fingerprint density at radius 2 is 1.12 bits per heavy atom. The Kier molecular flexibility index (Phi) is 8.91. The molecule has 0 aromatic carbocycles. The van der Waals surface area contributed by atoms with Crippen molar-refractivity contribution in [3.63, 3.8) is 0 Å². The number of H-pyrrole nitrogens is 2. The summed E-state index contributed by atoms with van der Waals surface area (Å²) in [5.74, 6) is 0. The van der Waals surface area contributed by atoms with Crippen LogP contribution < -0.4 is 0 Å². The minimum atomic E-state index is -6.12. The minimum Gasteiger partial charge on any atom is -0.744 e. The first-order chi connectivity index (χ1) is 18.3. The molecule has 0 radical (unpaired) electrons. The summed E-state index contributed by atoms with van der Waals surface area (Å²) in [5, 5.41) is 0. The molecule has 0 atom stereocenters. The molecule has 2 aliphatic rings. The van der Waals surface area contributed by atoms with Crippen LogP contribution in [0.1, 0.15) is 22.8 Å². The van der Waals surface area contributed by atoms with Gasteiger partial charge in [-0.15, -0.1) is 0 Å². The molecule has 3 aromatic rings. The number of nitrogens with zero attached hydrogens (tertiary/aromatic N) is 2. The zero-order chi connectivity index (χ0) is 29.4. The summed E-state index contributed by atoms with van der Waals surface area (Å²) in [5.41, 5.74) is -3.57. The van der Waals surface area contributed by atoms with Gasteiger partial charge in [0.1, 0.15) is 56.0 Å². The Hall–Kier alpha value is -2.72. The number of aromatic amines is 2. The first-order valence-corrected chi connectivity index (χ1v) is 16.0. The van der Waals surface area contributed by atoms with Crippen LogP contribution >= 0.6 is 0 Å². The van der Waals surface area contributed by atoms with Crippen molar-refractivity contribution in [2.24, 2.45) is 0 Å². The molecule has 0 saturated carbocycles. The zero-order valence-corrected chi connectivity index (χ0v) is 25.2. The van der Waals surface area contributed by atoms with Crippen LogP contribution in [0.25, 0.3) is 44.0 Å². The zero-order valence-electron chi connectivity index (χ0n) is 19.8. The molecule has 5 rings (SSSR count). The van der Waals surface area contributed by atoms with Crippen molar-refractivity contribution >= 4 is 84.5 Å². The number of nitrogens with one attached hydrogen (secondary N) is 2. The molecule has 0 amide bonds. The van der Waals surface area contributed by atoms with E-state index in [2.05, 4.69) is 19.9 Å². The van der Waals surface area contributed by atoms with Gasteiger partial charge >= 0.3 is 34.1 Å². The predicted octanol–water partition coefficient (Wildman–Crippen LogP) is 0.205. The molecule has 8 bridgehead atoms. The second-order valence-corrected chi connectivity index (χ2v) is 13.5. The molecule has 0 fully saturated rings. The van der Waals surface area contributed by atoms with Crippen molar-refractivity contribution in [3.8, 4) is 0 Å². The van der Waals surface area contributed by atoms with E-state index < -0.39 is 77.0 Å². The Labute approximate surface area is 258 Å². The van der Waals surface area contributed by atoms with Gasteiger partial charge in [-0.05, 0) is 48.6 Å². The fraction of sp³-hybridized carbons (Fsp3) is 0. The topological polar surface area (TPSA) is 286 Å². The summed E-state index contributed by atoms with van der Waals surface area (Å²) in [7, 11) is -23.8. The third kappa shape index (κ3) is 6.44. The molecule has 0 aliphatic carbocycles. The van der Waals surface area contributed by atoms with Gasteiger partial charge in [0.25, 0.3) is 0 Å². The normalized spacial score (nSPS) is 13.9. The number of aromatic nitrogens is 4. The van der Waals surface area contributed by atoms with E-state index in [4.69, 9.17) is 0 Å². The van der Waals surface area contributed by atoms with Crippen molar-refractivity contribution < 1.29 is 86.0 Å². The average molecular weight is 738 g/mol. The van der Waals surface area contributed by atoms with E-state index in [0.29, 0.717) is 11.6 Å². The molecule has 0 unspecified atom stereocenters. The average Bonchev–Trinajstić information content (AvgIpc) is 3.53. The number of hydrogen-bond donors (Lipinski definition) is 2. The van der Waals surface area contributed by atoms with Crippen LogP contribution in [0.2, 0.25) is 0 Å². The van der Waals surface area contributed by atoms with Crippen molar-refractivity contribution in [1.29, 1.82) is 0 Å². The van der Waals surface area contributed by atoms with E-state index in [0.717, 1.165) is 6.07 Å². The van der Waals surface area contributed by atoms with E-state index in [1.165, 1.54) is 30.4 Å². The molecule has 16 nitrogen and oxygen atoms in total. The molecule has 42 heavy (non-hydrogen) atoms. The van der Waals surface area contributed by atoms with Crippen LogP contribution in [0.5, 0.6) is 0 Å². The molecule has 2 aliphatic heterocycles. The standard InChI is InChI=1S/C20H14N4O12S4.2Fe/c25-37(26,27)15-8-13-6-11-2-1-9(21-11)5-10-3-4-12(22-10)7-14-18(38(28,29)30)20(40(34,35)36)17(24-14)19(16(15)23-13)39(31,32)33;;/h1-8,21,23H,(H,25,26,27)(H,28,29,30)(H,31,32,33)(H,34,35,36);;/q;2*+2/p-4. The van der Waals surface area contributed by atoms with Gasteiger partial charge in [0.2, 0.25) is 0 Å². The molecule has 0 spiro atoms. The fourth-order valence-electron chi connectivity index (χ4n) is 4.05. The molecule has 222 valence electrons. The van der Waals surface area contributed by atoms with E-state index >= 15 is 0 Å². The van der Waals surface area contributed by atoms with Crippen molar-refractivity contribution in [2.75, 3.05) is 0 Å². The third-order valence-electron chi connectivity index (χ3n) is 5.46. The van der Waals surface area contributed by atoms with Gasteiger partial charge in [0.15, 0.2) is 0 Å². The monoisotopic (exact) mass is 738 g/mol. The first-order valence-electron chi connectivity index (χ1n) is 10.3. The molecule has 2 N–H and O–H groups in total. The van der Waals surface area contributed by atoms with Gasteiger partial charge in [-0.25, -0.2) is 43.6 Å². The molecule has 0 saturated heterocycles. The molecule has 5 heterocycles. The summed E-state index contributed by atoms with van der Waals surface area (Å²) >= 11 is 0. The number of rotatable bonds is 4. The smallest absolute Gasteiger partial charge is 0.744 e. The Morgan fingerprint density at radius 3 is 1.64 bits per heavy atom. The van der Waals surface area contributed by atoms with Gasteiger partial charge in [-0.1, -0.05) is 0 Å². The third-order valence-corrected chi connectivity index (χ3v) is 9.16. The molecular weight excluding hydrogens is 728 g/mol. The maximum atomic E-state index is 12.4. The van der Waals surface area contributed by atoms with Crippen molar-refractivity contribution in [1.82, 2.24) is 19.9 Å². The quantitative estimate of drug-likeness (QED) is 0.209. The van der Waals surface area contributed by atoms with E-state index in [9.17, 15) is 51.9 Å². The minimum absolute atomic E-state index is 0. The van der Waals surface area contributed by atoms with Gasteiger partial charge < -0.3 is 28.2 Å².